The van der Waals surface area contributed by atoms with Crippen LogP contribution in [-0.4, -0.2) is 28.2 Å². The molecule has 18 heavy (non-hydrogen) atoms. The predicted molar refractivity (Wildman–Crippen MR) is 73.0 cm³/mol. The zero-order chi connectivity index (χ0) is 13.1. The van der Waals surface area contributed by atoms with Gasteiger partial charge in [-0.3, -0.25) is 4.79 Å². The van der Waals surface area contributed by atoms with E-state index in [1.54, 1.807) is 17.0 Å². The van der Waals surface area contributed by atoms with Crippen molar-refractivity contribution in [2.45, 2.75) is 51.7 Å². The highest BCUT2D eigenvalue weighted by atomic mass is 16.1. The SMILES string of the molecule is CC1CC(Nc2nccn(C(C)C)c2=O)CCN1. The lowest BCUT2D eigenvalue weighted by atomic mass is 10.0. The van der Waals surface area contributed by atoms with Gasteiger partial charge in [-0.05, 0) is 40.2 Å². The maximum Gasteiger partial charge on any atom is 0.293 e. The normalized spacial score (nSPS) is 24.2. The molecule has 2 N–H and O–H groups in total. The van der Waals surface area contributed by atoms with Crippen molar-refractivity contribution in [2.24, 2.45) is 0 Å². The molecule has 2 atom stereocenters. The van der Waals surface area contributed by atoms with Gasteiger partial charge in [-0.25, -0.2) is 4.98 Å². The number of rotatable bonds is 3. The lowest BCUT2D eigenvalue weighted by Gasteiger charge is -2.28. The van der Waals surface area contributed by atoms with Crippen LogP contribution in [0.5, 0.6) is 0 Å². The fourth-order valence-electron chi connectivity index (χ4n) is 2.39. The summed E-state index contributed by atoms with van der Waals surface area (Å²) in [6.45, 7) is 7.15. The van der Waals surface area contributed by atoms with E-state index in [0.29, 0.717) is 17.9 Å². The van der Waals surface area contributed by atoms with Crippen LogP contribution in [0.4, 0.5) is 5.82 Å². The summed E-state index contributed by atoms with van der Waals surface area (Å²) in [4.78, 5) is 16.4. The van der Waals surface area contributed by atoms with Crippen LogP contribution < -0.4 is 16.2 Å². The molecule has 0 aromatic carbocycles. The average molecular weight is 250 g/mol. The number of hydrogen-bond donors (Lipinski definition) is 2. The van der Waals surface area contributed by atoms with Crippen LogP contribution in [0.15, 0.2) is 17.2 Å². The van der Waals surface area contributed by atoms with E-state index < -0.39 is 0 Å². The largest absolute Gasteiger partial charge is 0.363 e. The second kappa shape index (κ2) is 5.52. The Morgan fingerprint density at radius 1 is 1.56 bits per heavy atom. The first kappa shape index (κ1) is 13.1. The molecule has 2 rings (SSSR count). The van der Waals surface area contributed by atoms with Crippen LogP contribution in [0.25, 0.3) is 0 Å². The molecular formula is C13H22N4O. The van der Waals surface area contributed by atoms with Crippen molar-refractivity contribution in [3.8, 4) is 0 Å². The van der Waals surface area contributed by atoms with Gasteiger partial charge in [-0.2, -0.15) is 0 Å². The van der Waals surface area contributed by atoms with Gasteiger partial charge < -0.3 is 15.2 Å². The molecule has 5 nitrogen and oxygen atoms in total. The fraction of sp³-hybridized carbons (Fsp3) is 0.692. The predicted octanol–water partition coefficient (Wildman–Crippen LogP) is 1.38. The number of aromatic nitrogens is 2. The minimum absolute atomic E-state index is 0.0290. The molecule has 1 aromatic rings. The summed E-state index contributed by atoms with van der Waals surface area (Å²) in [5, 5.41) is 6.69. The Labute approximate surface area is 108 Å². The van der Waals surface area contributed by atoms with E-state index in [9.17, 15) is 4.79 Å². The first-order valence-corrected chi connectivity index (χ1v) is 6.65. The van der Waals surface area contributed by atoms with E-state index in [1.165, 1.54) is 0 Å². The summed E-state index contributed by atoms with van der Waals surface area (Å²) in [5.41, 5.74) is -0.0290. The third-order valence-electron chi connectivity index (χ3n) is 3.39. The highest BCUT2D eigenvalue weighted by molar-refractivity contribution is 5.32. The highest BCUT2D eigenvalue weighted by Crippen LogP contribution is 2.12. The Hall–Kier alpha value is -1.36. The molecule has 0 bridgehead atoms. The Balaban J connectivity index is 2.14. The van der Waals surface area contributed by atoms with Gasteiger partial charge in [0.1, 0.15) is 0 Å². The summed E-state index contributed by atoms with van der Waals surface area (Å²) >= 11 is 0. The summed E-state index contributed by atoms with van der Waals surface area (Å²) in [5.74, 6) is 0.477. The number of hydrogen-bond acceptors (Lipinski definition) is 4. The van der Waals surface area contributed by atoms with Crippen molar-refractivity contribution in [3.05, 3.63) is 22.7 Å². The second-order valence-corrected chi connectivity index (χ2v) is 5.30. The summed E-state index contributed by atoms with van der Waals surface area (Å²) < 4.78 is 1.71. The van der Waals surface area contributed by atoms with Crippen molar-refractivity contribution in [1.29, 1.82) is 0 Å². The molecule has 1 aliphatic rings. The third-order valence-corrected chi connectivity index (χ3v) is 3.39. The molecule has 100 valence electrons. The first-order valence-electron chi connectivity index (χ1n) is 6.65. The van der Waals surface area contributed by atoms with E-state index in [2.05, 4.69) is 22.5 Å². The number of anilines is 1. The van der Waals surface area contributed by atoms with Crippen molar-refractivity contribution in [3.63, 3.8) is 0 Å². The lowest BCUT2D eigenvalue weighted by molar-refractivity contribution is 0.395. The van der Waals surface area contributed by atoms with Gasteiger partial charge in [0, 0.05) is 30.5 Å². The first-order chi connectivity index (χ1) is 8.58. The standard InChI is InChI=1S/C13H22N4O/c1-9(2)17-7-6-15-12(13(17)18)16-11-4-5-14-10(3)8-11/h6-7,9-11,14H,4-5,8H2,1-3H3,(H,15,16). The maximum absolute atomic E-state index is 12.2. The zero-order valence-corrected chi connectivity index (χ0v) is 11.3. The minimum atomic E-state index is -0.0290. The van der Waals surface area contributed by atoms with Gasteiger partial charge >= 0.3 is 0 Å². The molecule has 1 fully saturated rings. The smallest absolute Gasteiger partial charge is 0.293 e. The topological polar surface area (TPSA) is 59.0 Å². The van der Waals surface area contributed by atoms with E-state index in [-0.39, 0.29) is 11.6 Å². The Morgan fingerprint density at radius 2 is 2.33 bits per heavy atom. The third kappa shape index (κ3) is 2.90. The van der Waals surface area contributed by atoms with Crippen LogP contribution in [-0.2, 0) is 0 Å². The maximum atomic E-state index is 12.2. The molecule has 2 unspecified atom stereocenters. The molecule has 1 aliphatic heterocycles. The van der Waals surface area contributed by atoms with Crippen molar-refractivity contribution >= 4 is 5.82 Å². The molecule has 1 aromatic heterocycles. The number of nitrogens with one attached hydrogen (secondary N) is 2. The Kier molecular flexibility index (Phi) is 4.01. The molecular weight excluding hydrogens is 228 g/mol. The highest BCUT2D eigenvalue weighted by Gasteiger charge is 2.19. The van der Waals surface area contributed by atoms with Gasteiger partial charge in [0.25, 0.3) is 5.56 Å². The summed E-state index contributed by atoms with van der Waals surface area (Å²) in [6.07, 6.45) is 5.48. The molecule has 0 amide bonds. The Morgan fingerprint density at radius 3 is 3.00 bits per heavy atom. The van der Waals surface area contributed by atoms with Gasteiger partial charge in [0.05, 0.1) is 0 Å². The van der Waals surface area contributed by atoms with Crippen molar-refractivity contribution in [1.82, 2.24) is 14.9 Å². The molecule has 5 heteroatoms. The molecule has 0 radical (unpaired) electrons. The Bertz CT molecular complexity index is 455. The number of nitrogens with zero attached hydrogens (tertiary/aromatic N) is 2. The lowest BCUT2D eigenvalue weighted by Crippen LogP contribution is -2.42. The van der Waals surface area contributed by atoms with E-state index in [4.69, 9.17) is 0 Å². The van der Waals surface area contributed by atoms with Crippen molar-refractivity contribution < 1.29 is 0 Å². The molecule has 0 saturated carbocycles. The van der Waals surface area contributed by atoms with Gasteiger partial charge in [-0.15, -0.1) is 0 Å². The molecule has 0 aliphatic carbocycles. The van der Waals surface area contributed by atoms with Gasteiger partial charge in [0.2, 0.25) is 0 Å². The summed E-state index contributed by atoms with van der Waals surface area (Å²) in [6, 6.07) is 0.991. The van der Waals surface area contributed by atoms with Crippen LogP contribution in [0.2, 0.25) is 0 Å². The van der Waals surface area contributed by atoms with Crippen LogP contribution >= 0.6 is 0 Å². The van der Waals surface area contributed by atoms with Crippen LogP contribution in [0.1, 0.15) is 39.7 Å². The van der Waals surface area contributed by atoms with Crippen molar-refractivity contribution in [2.75, 3.05) is 11.9 Å². The van der Waals surface area contributed by atoms with Gasteiger partial charge in [0.15, 0.2) is 5.82 Å². The van der Waals surface area contributed by atoms with Gasteiger partial charge in [-0.1, -0.05) is 0 Å². The van der Waals surface area contributed by atoms with Crippen LogP contribution in [0, 0.1) is 0 Å². The van der Waals surface area contributed by atoms with E-state index >= 15 is 0 Å². The van der Waals surface area contributed by atoms with Crippen LogP contribution in [0.3, 0.4) is 0 Å². The number of piperidine rings is 1. The molecule has 2 heterocycles. The zero-order valence-electron chi connectivity index (χ0n) is 11.3. The average Bonchev–Trinajstić information content (AvgIpc) is 2.31. The quantitative estimate of drug-likeness (QED) is 0.851. The molecule has 1 saturated heterocycles. The molecule has 0 spiro atoms. The van der Waals surface area contributed by atoms with E-state index in [0.717, 1.165) is 19.4 Å². The van der Waals surface area contributed by atoms with E-state index in [1.807, 2.05) is 13.8 Å². The fourth-order valence-corrected chi connectivity index (χ4v) is 2.39. The minimum Gasteiger partial charge on any atom is -0.363 e. The second-order valence-electron chi connectivity index (χ2n) is 5.30. The summed E-state index contributed by atoms with van der Waals surface area (Å²) in [7, 11) is 0. The monoisotopic (exact) mass is 250 g/mol.